The van der Waals surface area contributed by atoms with Crippen molar-refractivity contribution < 1.29 is 27.4 Å². The number of hydrogen-bond donors (Lipinski definition) is 1. The molecule has 0 spiro atoms. The van der Waals surface area contributed by atoms with Crippen molar-refractivity contribution in [3.05, 3.63) is 48.2 Å². The third-order valence-corrected chi connectivity index (χ3v) is 4.95. The molecule has 168 valence electrons. The molecule has 9 heteroatoms. The molecule has 2 aromatic rings. The zero-order valence-electron chi connectivity index (χ0n) is 17.5. The first-order chi connectivity index (χ1) is 14.7. The van der Waals surface area contributed by atoms with E-state index in [4.69, 9.17) is 9.47 Å². The van der Waals surface area contributed by atoms with E-state index in [1.807, 2.05) is 31.2 Å². The van der Waals surface area contributed by atoms with Crippen LogP contribution in [-0.4, -0.2) is 42.9 Å². The fourth-order valence-corrected chi connectivity index (χ4v) is 3.38. The van der Waals surface area contributed by atoms with Crippen molar-refractivity contribution in [3.8, 4) is 11.5 Å². The zero-order chi connectivity index (χ0) is 22.4. The van der Waals surface area contributed by atoms with Gasteiger partial charge in [-0.05, 0) is 36.8 Å². The lowest BCUT2D eigenvalue weighted by Gasteiger charge is -2.19. The van der Waals surface area contributed by atoms with E-state index in [2.05, 4.69) is 15.2 Å². The SMILES string of the molecule is CC(=O)N[C@@H](C)c1ccc(O[C@@H]2CCN(c3ccc(OCCC(F)(F)F)cn3)C2)cc1. The summed E-state index contributed by atoms with van der Waals surface area (Å²) in [5.41, 5.74) is 0.998. The molecule has 0 unspecified atom stereocenters. The smallest absolute Gasteiger partial charge is 0.392 e. The van der Waals surface area contributed by atoms with Crippen LogP contribution in [0.25, 0.3) is 0 Å². The first kappa shape index (κ1) is 22.7. The Morgan fingerprint density at radius 1 is 1.23 bits per heavy atom. The highest BCUT2D eigenvalue weighted by molar-refractivity contribution is 5.73. The highest BCUT2D eigenvalue weighted by atomic mass is 19.4. The Morgan fingerprint density at radius 3 is 2.55 bits per heavy atom. The number of anilines is 1. The average molecular weight is 437 g/mol. The van der Waals surface area contributed by atoms with Crippen LogP contribution in [0.5, 0.6) is 11.5 Å². The highest BCUT2D eigenvalue weighted by Crippen LogP contribution is 2.25. The number of rotatable bonds is 8. The Hall–Kier alpha value is -2.97. The number of halogens is 3. The summed E-state index contributed by atoms with van der Waals surface area (Å²) in [7, 11) is 0. The second-order valence-corrected chi connectivity index (χ2v) is 7.53. The van der Waals surface area contributed by atoms with E-state index in [9.17, 15) is 18.0 Å². The molecule has 6 nitrogen and oxygen atoms in total. The fraction of sp³-hybridized carbons (Fsp3) is 0.455. The number of alkyl halides is 3. The molecule has 2 heterocycles. The molecule has 2 atom stereocenters. The van der Waals surface area contributed by atoms with Gasteiger partial charge < -0.3 is 19.7 Å². The van der Waals surface area contributed by atoms with Crippen molar-refractivity contribution in [1.29, 1.82) is 0 Å². The van der Waals surface area contributed by atoms with Gasteiger partial charge in [-0.15, -0.1) is 0 Å². The van der Waals surface area contributed by atoms with Crippen LogP contribution in [0.3, 0.4) is 0 Å². The van der Waals surface area contributed by atoms with Crippen molar-refractivity contribution in [3.63, 3.8) is 0 Å². The highest BCUT2D eigenvalue weighted by Gasteiger charge is 2.27. The van der Waals surface area contributed by atoms with E-state index in [0.717, 1.165) is 30.1 Å². The third-order valence-electron chi connectivity index (χ3n) is 4.95. The summed E-state index contributed by atoms with van der Waals surface area (Å²) in [5.74, 6) is 1.72. The van der Waals surface area contributed by atoms with Gasteiger partial charge in [-0.2, -0.15) is 13.2 Å². The van der Waals surface area contributed by atoms with Gasteiger partial charge in [0.2, 0.25) is 5.91 Å². The lowest BCUT2D eigenvalue weighted by Crippen LogP contribution is -2.25. The minimum atomic E-state index is -4.23. The van der Waals surface area contributed by atoms with Crippen LogP contribution in [0.1, 0.15) is 38.3 Å². The van der Waals surface area contributed by atoms with Crippen LogP contribution in [0, 0.1) is 0 Å². The molecule has 1 aromatic heterocycles. The summed E-state index contributed by atoms with van der Waals surface area (Å²) >= 11 is 0. The number of aromatic nitrogens is 1. The van der Waals surface area contributed by atoms with Crippen LogP contribution in [-0.2, 0) is 4.79 Å². The summed E-state index contributed by atoms with van der Waals surface area (Å²) in [6, 6.07) is 10.9. The van der Waals surface area contributed by atoms with Gasteiger partial charge in [0.05, 0.1) is 31.8 Å². The average Bonchev–Trinajstić information content (AvgIpc) is 3.16. The molecule has 3 rings (SSSR count). The van der Waals surface area contributed by atoms with Crippen LogP contribution in [0.2, 0.25) is 0 Å². The summed E-state index contributed by atoms with van der Waals surface area (Å²) in [6.07, 6.45) is -2.96. The summed E-state index contributed by atoms with van der Waals surface area (Å²) in [5, 5.41) is 2.84. The van der Waals surface area contributed by atoms with Crippen molar-refractivity contribution in [2.24, 2.45) is 0 Å². The molecule has 0 bridgehead atoms. The van der Waals surface area contributed by atoms with Gasteiger partial charge in [0.15, 0.2) is 0 Å². The molecule has 1 aliphatic rings. The fourth-order valence-electron chi connectivity index (χ4n) is 3.38. The Morgan fingerprint density at radius 2 is 1.94 bits per heavy atom. The molecular weight excluding hydrogens is 411 g/mol. The first-order valence-corrected chi connectivity index (χ1v) is 10.1. The molecule has 1 aromatic carbocycles. The topological polar surface area (TPSA) is 63.7 Å². The summed E-state index contributed by atoms with van der Waals surface area (Å²) in [6.45, 7) is 4.41. The second kappa shape index (κ2) is 9.89. The molecule has 0 saturated carbocycles. The third kappa shape index (κ3) is 7.04. The maximum absolute atomic E-state index is 12.2. The number of pyridine rings is 1. The van der Waals surface area contributed by atoms with E-state index in [0.29, 0.717) is 12.3 Å². The predicted octanol–water partition coefficient (Wildman–Crippen LogP) is 4.27. The van der Waals surface area contributed by atoms with Gasteiger partial charge in [0.25, 0.3) is 0 Å². The van der Waals surface area contributed by atoms with Gasteiger partial charge >= 0.3 is 6.18 Å². The standard InChI is InChI=1S/C22H26F3N3O3/c1-15(27-16(2)29)17-3-5-18(6-4-17)31-20-9-11-28(14-20)21-8-7-19(13-26-21)30-12-10-22(23,24)25/h3-8,13,15,20H,9-12,14H2,1-2H3,(H,27,29)/t15-,20+/m0/s1. The molecule has 0 radical (unpaired) electrons. The Labute approximate surface area is 179 Å². The Bertz CT molecular complexity index is 857. The van der Waals surface area contributed by atoms with Crippen molar-refractivity contribution in [1.82, 2.24) is 10.3 Å². The number of nitrogens with one attached hydrogen (secondary N) is 1. The van der Waals surface area contributed by atoms with Gasteiger partial charge in [-0.25, -0.2) is 4.98 Å². The largest absolute Gasteiger partial charge is 0.492 e. The van der Waals surface area contributed by atoms with Gasteiger partial charge in [-0.1, -0.05) is 12.1 Å². The van der Waals surface area contributed by atoms with Crippen LogP contribution in [0.15, 0.2) is 42.6 Å². The van der Waals surface area contributed by atoms with Crippen LogP contribution >= 0.6 is 0 Å². The molecule has 1 amide bonds. The number of ether oxygens (including phenoxy) is 2. The van der Waals surface area contributed by atoms with E-state index >= 15 is 0 Å². The van der Waals surface area contributed by atoms with Gasteiger partial charge in [0.1, 0.15) is 23.4 Å². The molecule has 0 aliphatic carbocycles. The number of carbonyl (C=O) groups excluding carboxylic acids is 1. The molecule has 1 fully saturated rings. The van der Waals surface area contributed by atoms with E-state index < -0.39 is 19.2 Å². The number of hydrogen-bond acceptors (Lipinski definition) is 5. The second-order valence-electron chi connectivity index (χ2n) is 7.53. The lowest BCUT2D eigenvalue weighted by molar-refractivity contribution is -0.139. The lowest BCUT2D eigenvalue weighted by atomic mass is 10.1. The Balaban J connectivity index is 1.48. The van der Waals surface area contributed by atoms with Crippen molar-refractivity contribution >= 4 is 11.7 Å². The monoisotopic (exact) mass is 437 g/mol. The molecule has 31 heavy (non-hydrogen) atoms. The number of nitrogens with zero attached hydrogens (tertiary/aromatic N) is 2. The molecule has 1 N–H and O–H groups in total. The van der Waals surface area contributed by atoms with Crippen molar-refractivity contribution in [2.45, 2.75) is 45.0 Å². The van der Waals surface area contributed by atoms with Gasteiger partial charge in [-0.3, -0.25) is 4.79 Å². The minimum absolute atomic E-state index is 0.00290. The van der Waals surface area contributed by atoms with E-state index in [1.165, 1.54) is 13.1 Å². The van der Waals surface area contributed by atoms with E-state index in [-0.39, 0.29) is 18.1 Å². The zero-order valence-corrected chi connectivity index (χ0v) is 17.5. The van der Waals surface area contributed by atoms with Crippen molar-refractivity contribution in [2.75, 3.05) is 24.6 Å². The molecule has 1 saturated heterocycles. The first-order valence-electron chi connectivity index (χ1n) is 10.1. The van der Waals surface area contributed by atoms with Gasteiger partial charge in [0, 0.05) is 19.9 Å². The summed E-state index contributed by atoms with van der Waals surface area (Å²) < 4.78 is 47.7. The predicted molar refractivity (Wildman–Crippen MR) is 110 cm³/mol. The van der Waals surface area contributed by atoms with E-state index in [1.54, 1.807) is 12.1 Å². The normalized spacial score (nSPS) is 17.3. The maximum Gasteiger partial charge on any atom is 0.392 e. The van der Waals surface area contributed by atoms with Crippen LogP contribution in [0.4, 0.5) is 19.0 Å². The maximum atomic E-state index is 12.2. The Kier molecular flexibility index (Phi) is 7.25. The summed E-state index contributed by atoms with van der Waals surface area (Å²) in [4.78, 5) is 17.5. The molecular formula is C22H26F3N3O3. The number of benzene rings is 1. The number of amides is 1. The quantitative estimate of drug-likeness (QED) is 0.668. The minimum Gasteiger partial charge on any atom is -0.492 e. The molecule has 1 aliphatic heterocycles. The number of carbonyl (C=O) groups is 1. The van der Waals surface area contributed by atoms with Crippen LogP contribution < -0.4 is 19.7 Å².